The van der Waals surface area contributed by atoms with Crippen LogP contribution in [0.25, 0.3) is 0 Å². The number of hydrogen-bond donors (Lipinski definition) is 1. The number of carbonyl (C=O) groups is 2. The lowest BCUT2D eigenvalue weighted by molar-refractivity contribution is -0.384. The Hall–Kier alpha value is -4.25. The van der Waals surface area contributed by atoms with E-state index in [1.807, 2.05) is 61.5 Å². The van der Waals surface area contributed by atoms with Gasteiger partial charge in [0.05, 0.1) is 16.9 Å². The highest BCUT2D eigenvalue weighted by Crippen LogP contribution is 2.24. The van der Waals surface area contributed by atoms with Gasteiger partial charge >= 0.3 is 0 Å². The molecule has 0 aliphatic rings. The van der Waals surface area contributed by atoms with Crippen molar-refractivity contribution in [2.24, 2.45) is 0 Å². The summed E-state index contributed by atoms with van der Waals surface area (Å²) in [6.45, 7) is 1.32. The van der Waals surface area contributed by atoms with Crippen molar-refractivity contribution in [2.45, 2.75) is 25.9 Å². The zero-order chi connectivity index (χ0) is 27.9. The first-order valence-electron chi connectivity index (χ1n) is 11.8. The molecule has 0 radical (unpaired) electrons. The third kappa shape index (κ3) is 7.39. The molecule has 0 spiro atoms. The third-order valence-electron chi connectivity index (χ3n) is 5.96. The number of nitro benzene ring substituents is 1. The number of hydrogen-bond acceptors (Lipinski definition) is 6. The summed E-state index contributed by atoms with van der Waals surface area (Å²) in [6, 6.07) is 20.8. The number of benzene rings is 3. The van der Waals surface area contributed by atoms with E-state index in [1.165, 1.54) is 30.1 Å². The van der Waals surface area contributed by atoms with Crippen molar-refractivity contribution in [3.05, 3.63) is 106 Å². The van der Waals surface area contributed by atoms with Gasteiger partial charge in [0, 0.05) is 32.1 Å². The zero-order valence-corrected chi connectivity index (χ0v) is 22.2. The van der Waals surface area contributed by atoms with Gasteiger partial charge in [0.1, 0.15) is 12.6 Å². The molecule has 0 heterocycles. The summed E-state index contributed by atoms with van der Waals surface area (Å²) >= 11 is 0. The molecule has 1 N–H and O–H groups in total. The second-order valence-electron chi connectivity index (χ2n) is 8.88. The van der Waals surface area contributed by atoms with Crippen LogP contribution in [0, 0.1) is 17.0 Å². The molecule has 3 aromatic carbocycles. The van der Waals surface area contributed by atoms with E-state index in [-0.39, 0.29) is 24.3 Å². The minimum Gasteiger partial charge on any atom is -0.357 e. The molecule has 2 amide bonds. The third-order valence-corrected chi connectivity index (χ3v) is 7.10. The van der Waals surface area contributed by atoms with E-state index >= 15 is 0 Å². The lowest BCUT2D eigenvalue weighted by atomic mass is 10.0. The van der Waals surface area contributed by atoms with Gasteiger partial charge in [-0.2, -0.15) is 0 Å². The van der Waals surface area contributed by atoms with E-state index in [2.05, 4.69) is 5.32 Å². The lowest BCUT2D eigenvalue weighted by Gasteiger charge is -2.33. The smallest absolute Gasteiger partial charge is 0.271 e. The quantitative estimate of drug-likeness (QED) is 0.295. The summed E-state index contributed by atoms with van der Waals surface area (Å²) < 4.78 is 26.3. The average molecular weight is 539 g/mol. The van der Waals surface area contributed by atoms with Crippen LogP contribution in [0.2, 0.25) is 0 Å². The van der Waals surface area contributed by atoms with Crippen molar-refractivity contribution in [1.82, 2.24) is 10.2 Å². The molecule has 0 aromatic heterocycles. The van der Waals surface area contributed by atoms with Crippen molar-refractivity contribution >= 4 is 33.2 Å². The maximum atomic E-state index is 13.8. The number of carbonyl (C=O) groups excluding carboxylic acids is 2. The lowest BCUT2D eigenvalue weighted by Crippen LogP contribution is -2.52. The van der Waals surface area contributed by atoms with E-state index in [1.54, 1.807) is 0 Å². The van der Waals surface area contributed by atoms with Gasteiger partial charge in [0.15, 0.2) is 0 Å². The SMILES string of the molecule is CNC(=O)[C@H](Cc1ccccc1)N(Cc1cccc(C)c1)C(=O)CN(c1cccc([N+](=O)[O-])c1)S(C)(=O)=O. The fraction of sp³-hybridized carbons (Fsp3) is 0.259. The molecule has 3 aromatic rings. The van der Waals surface area contributed by atoms with Gasteiger partial charge in [0.25, 0.3) is 5.69 Å². The van der Waals surface area contributed by atoms with Gasteiger partial charge in [-0.1, -0.05) is 66.2 Å². The molecule has 0 aliphatic heterocycles. The molecule has 0 saturated carbocycles. The molecule has 0 unspecified atom stereocenters. The van der Waals surface area contributed by atoms with Crippen LogP contribution in [0.1, 0.15) is 16.7 Å². The molecule has 200 valence electrons. The van der Waals surface area contributed by atoms with E-state index in [4.69, 9.17) is 0 Å². The van der Waals surface area contributed by atoms with Crippen LogP contribution in [0.5, 0.6) is 0 Å². The number of non-ortho nitro benzene ring substituents is 1. The minimum absolute atomic E-state index is 0.0230. The number of likely N-dealkylation sites (N-methyl/N-ethyl adjacent to an activating group) is 1. The number of sulfonamides is 1. The Morgan fingerprint density at radius 2 is 1.63 bits per heavy atom. The summed E-state index contributed by atoms with van der Waals surface area (Å²) in [5, 5.41) is 13.9. The summed E-state index contributed by atoms with van der Waals surface area (Å²) in [7, 11) is -2.54. The second kappa shape index (κ2) is 12.3. The summed E-state index contributed by atoms with van der Waals surface area (Å²) in [5.41, 5.74) is 2.21. The maximum Gasteiger partial charge on any atom is 0.271 e. The van der Waals surface area contributed by atoms with Gasteiger partial charge in [-0.15, -0.1) is 0 Å². The molecule has 3 rings (SSSR count). The highest BCUT2D eigenvalue weighted by Gasteiger charge is 2.33. The fourth-order valence-corrected chi connectivity index (χ4v) is 4.94. The van der Waals surface area contributed by atoms with Crippen LogP contribution in [-0.4, -0.2) is 55.9 Å². The van der Waals surface area contributed by atoms with Gasteiger partial charge in [0.2, 0.25) is 21.8 Å². The van der Waals surface area contributed by atoms with Crippen LogP contribution in [0.3, 0.4) is 0 Å². The van der Waals surface area contributed by atoms with Crippen molar-refractivity contribution in [1.29, 1.82) is 0 Å². The predicted molar refractivity (Wildman–Crippen MR) is 145 cm³/mol. The number of nitrogens with zero attached hydrogens (tertiary/aromatic N) is 3. The Morgan fingerprint density at radius 3 is 2.24 bits per heavy atom. The highest BCUT2D eigenvalue weighted by atomic mass is 32.2. The molecular formula is C27H30N4O6S. The van der Waals surface area contributed by atoms with Gasteiger partial charge < -0.3 is 10.2 Å². The molecule has 10 nitrogen and oxygen atoms in total. The number of anilines is 1. The predicted octanol–water partition coefficient (Wildman–Crippen LogP) is 3.06. The number of amides is 2. The minimum atomic E-state index is -4.02. The van der Waals surface area contributed by atoms with Crippen LogP contribution in [-0.2, 0) is 32.6 Å². The summed E-state index contributed by atoms with van der Waals surface area (Å²) in [6.07, 6.45) is 1.12. The average Bonchev–Trinajstić information content (AvgIpc) is 2.88. The Morgan fingerprint density at radius 1 is 0.974 bits per heavy atom. The molecule has 0 fully saturated rings. The number of nitro groups is 1. The second-order valence-corrected chi connectivity index (χ2v) is 10.8. The molecule has 0 bridgehead atoms. The number of aryl methyl sites for hydroxylation is 1. The van der Waals surface area contributed by atoms with Crippen LogP contribution < -0.4 is 9.62 Å². The van der Waals surface area contributed by atoms with E-state index in [0.29, 0.717) is 0 Å². The monoisotopic (exact) mass is 538 g/mol. The molecule has 0 saturated heterocycles. The van der Waals surface area contributed by atoms with Crippen molar-refractivity contribution in [3.63, 3.8) is 0 Å². The number of nitrogens with one attached hydrogen (secondary N) is 1. The van der Waals surface area contributed by atoms with Crippen LogP contribution in [0.4, 0.5) is 11.4 Å². The topological polar surface area (TPSA) is 130 Å². The highest BCUT2D eigenvalue weighted by molar-refractivity contribution is 7.92. The van der Waals surface area contributed by atoms with Gasteiger partial charge in [-0.05, 0) is 24.1 Å². The fourth-order valence-electron chi connectivity index (χ4n) is 4.10. The van der Waals surface area contributed by atoms with Crippen molar-refractivity contribution in [2.75, 3.05) is 24.2 Å². The first kappa shape index (κ1) is 28.3. The largest absolute Gasteiger partial charge is 0.357 e. The first-order valence-corrected chi connectivity index (χ1v) is 13.7. The number of rotatable bonds is 11. The molecule has 0 aliphatic carbocycles. The first-order chi connectivity index (χ1) is 18.0. The van der Waals surface area contributed by atoms with E-state index < -0.39 is 39.3 Å². The molecular weight excluding hydrogens is 508 g/mol. The van der Waals surface area contributed by atoms with Crippen molar-refractivity contribution < 1.29 is 22.9 Å². The Balaban J connectivity index is 2.04. The molecule has 38 heavy (non-hydrogen) atoms. The van der Waals surface area contributed by atoms with Crippen LogP contribution >= 0.6 is 0 Å². The van der Waals surface area contributed by atoms with E-state index in [9.17, 15) is 28.1 Å². The normalized spacial score (nSPS) is 11.9. The van der Waals surface area contributed by atoms with Crippen LogP contribution in [0.15, 0.2) is 78.9 Å². The zero-order valence-electron chi connectivity index (χ0n) is 21.4. The summed E-state index contributed by atoms with van der Waals surface area (Å²) in [5.74, 6) is -1.04. The Kier molecular flexibility index (Phi) is 9.19. The Labute approximate surface area is 222 Å². The Bertz CT molecular complexity index is 1410. The van der Waals surface area contributed by atoms with E-state index in [0.717, 1.165) is 33.3 Å². The molecule has 1 atom stereocenters. The standard InChI is InChI=1S/C27H30N4O6S/c1-20-9-7-12-22(15-20)18-29(25(27(33)28-2)16-21-10-5-4-6-11-21)26(32)19-30(38(3,36)37)23-13-8-14-24(17-23)31(34)35/h4-15,17,25H,16,18-19H2,1-3H3,(H,28,33)/t25-/m0/s1. The van der Waals surface area contributed by atoms with Gasteiger partial charge in [-0.25, -0.2) is 8.42 Å². The molecule has 11 heteroatoms. The maximum absolute atomic E-state index is 13.8. The summed E-state index contributed by atoms with van der Waals surface area (Å²) in [4.78, 5) is 38.9. The van der Waals surface area contributed by atoms with Crippen molar-refractivity contribution in [3.8, 4) is 0 Å². The van der Waals surface area contributed by atoms with Gasteiger partial charge in [-0.3, -0.25) is 24.0 Å².